The number of anilines is 1. The van der Waals surface area contributed by atoms with E-state index in [1.165, 1.54) is 4.31 Å². The Hall–Kier alpha value is -2.78. The van der Waals surface area contributed by atoms with Gasteiger partial charge < -0.3 is 10.2 Å². The van der Waals surface area contributed by atoms with Gasteiger partial charge in [-0.1, -0.05) is 77.3 Å². The number of rotatable bonds is 13. The van der Waals surface area contributed by atoms with Crippen LogP contribution in [0.25, 0.3) is 0 Å². The van der Waals surface area contributed by atoms with Gasteiger partial charge >= 0.3 is 0 Å². The van der Waals surface area contributed by atoms with Crippen LogP contribution in [0.15, 0.2) is 66.7 Å². The minimum absolute atomic E-state index is 0.00715. The lowest BCUT2D eigenvalue weighted by atomic mass is 10.0. The minimum Gasteiger partial charge on any atom is -0.352 e. The van der Waals surface area contributed by atoms with Gasteiger partial charge in [-0.25, -0.2) is 8.42 Å². The summed E-state index contributed by atoms with van der Waals surface area (Å²) in [6.07, 6.45) is 1.65. The molecule has 0 aromatic heterocycles. The number of amides is 2. The number of halogens is 3. The molecule has 226 valence electrons. The normalized spacial score (nSPS) is 12.2. The largest absolute Gasteiger partial charge is 0.352 e. The van der Waals surface area contributed by atoms with Crippen LogP contribution in [-0.2, 0) is 32.6 Å². The van der Waals surface area contributed by atoms with E-state index in [4.69, 9.17) is 34.8 Å². The van der Waals surface area contributed by atoms with Gasteiger partial charge in [0, 0.05) is 37.0 Å². The first-order valence-corrected chi connectivity index (χ1v) is 16.6. The first-order chi connectivity index (χ1) is 19.8. The smallest absolute Gasteiger partial charge is 0.243 e. The summed E-state index contributed by atoms with van der Waals surface area (Å²) in [5.74, 6) is -0.577. The maximum atomic E-state index is 13.9. The van der Waals surface area contributed by atoms with Gasteiger partial charge in [0.1, 0.15) is 6.04 Å². The van der Waals surface area contributed by atoms with E-state index < -0.39 is 16.1 Å². The molecule has 0 aliphatic heterocycles. The van der Waals surface area contributed by atoms with Gasteiger partial charge in [0.05, 0.1) is 22.0 Å². The highest BCUT2D eigenvalue weighted by atomic mass is 35.5. The zero-order valence-electron chi connectivity index (χ0n) is 24.1. The van der Waals surface area contributed by atoms with Crippen LogP contribution < -0.4 is 9.62 Å². The highest BCUT2D eigenvalue weighted by Gasteiger charge is 2.31. The fraction of sp³-hybridized carbons (Fsp3) is 0.355. The summed E-state index contributed by atoms with van der Waals surface area (Å²) in [6.45, 7) is 5.70. The molecule has 3 rings (SSSR count). The van der Waals surface area contributed by atoms with Crippen molar-refractivity contribution in [2.24, 2.45) is 0 Å². The molecule has 2 amide bonds. The summed E-state index contributed by atoms with van der Waals surface area (Å²) in [5.41, 5.74) is 2.81. The first kappa shape index (κ1) is 33.7. The topological polar surface area (TPSA) is 86.8 Å². The van der Waals surface area contributed by atoms with E-state index in [2.05, 4.69) is 5.32 Å². The summed E-state index contributed by atoms with van der Waals surface area (Å²) in [6, 6.07) is 18.7. The van der Waals surface area contributed by atoms with Crippen molar-refractivity contribution in [2.75, 3.05) is 17.1 Å². The molecule has 3 aromatic rings. The third-order valence-electron chi connectivity index (χ3n) is 6.63. The third kappa shape index (κ3) is 9.63. The number of nitrogens with zero attached hydrogens (tertiary/aromatic N) is 2. The van der Waals surface area contributed by atoms with Crippen LogP contribution in [0.1, 0.15) is 43.4 Å². The Kier molecular flexibility index (Phi) is 12.1. The van der Waals surface area contributed by atoms with Crippen molar-refractivity contribution < 1.29 is 18.0 Å². The van der Waals surface area contributed by atoms with Crippen molar-refractivity contribution in [1.29, 1.82) is 0 Å². The van der Waals surface area contributed by atoms with Gasteiger partial charge in [0.2, 0.25) is 21.8 Å². The van der Waals surface area contributed by atoms with Crippen molar-refractivity contribution >= 4 is 62.3 Å². The second kappa shape index (κ2) is 15.1. The Morgan fingerprint density at radius 2 is 1.60 bits per heavy atom. The van der Waals surface area contributed by atoms with Crippen molar-refractivity contribution in [3.05, 3.63) is 98.5 Å². The Labute approximate surface area is 263 Å². The summed E-state index contributed by atoms with van der Waals surface area (Å²) in [4.78, 5) is 29.0. The molecular weight excluding hydrogens is 617 g/mol. The van der Waals surface area contributed by atoms with Gasteiger partial charge in [0.25, 0.3) is 0 Å². The van der Waals surface area contributed by atoms with Crippen LogP contribution >= 0.6 is 34.8 Å². The summed E-state index contributed by atoms with van der Waals surface area (Å²) < 4.78 is 26.7. The number of aryl methyl sites for hydroxylation is 1. The molecule has 0 aliphatic rings. The van der Waals surface area contributed by atoms with Crippen molar-refractivity contribution in [3.8, 4) is 0 Å². The zero-order chi connectivity index (χ0) is 31.0. The third-order valence-corrected chi connectivity index (χ3v) is 8.79. The molecule has 1 atom stereocenters. The molecule has 0 fully saturated rings. The van der Waals surface area contributed by atoms with Crippen molar-refractivity contribution in [3.63, 3.8) is 0 Å². The maximum Gasteiger partial charge on any atom is 0.243 e. The van der Waals surface area contributed by atoms with E-state index in [0.717, 1.165) is 17.4 Å². The van der Waals surface area contributed by atoms with Crippen LogP contribution in [0, 0.1) is 6.92 Å². The van der Waals surface area contributed by atoms with Gasteiger partial charge in [-0.3, -0.25) is 13.9 Å². The molecule has 0 aliphatic carbocycles. The molecule has 0 heterocycles. The quantitative estimate of drug-likeness (QED) is 0.224. The molecule has 3 aromatic carbocycles. The molecular formula is C31H36Cl3N3O4S. The standard InChI is InChI=1S/C31H36Cl3N3O4S/c1-21(2)35-31(39)29(18-23-9-6-5-7-10-23)36(20-24-13-15-26(33)27(34)17-24)30(38)11-8-16-37(42(4,40)41)28-19-25(32)14-12-22(28)3/h5-7,9-10,12-15,17,19,21,29H,8,11,16,18,20H2,1-4H3,(H,35,39)/t29-/m1/s1. The predicted molar refractivity (Wildman–Crippen MR) is 172 cm³/mol. The first-order valence-electron chi connectivity index (χ1n) is 13.6. The van der Waals surface area contributed by atoms with Crippen LogP contribution in [0.3, 0.4) is 0 Å². The monoisotopic (exact) mass is 651 g/mol. The number of hydrogen-bond donors (Lipinski definition) is 1. The molecule has 42 heavy (non-hydrogen) atoms. The van der Waals surface area contributed by atoms with E-state index in [0.29, 0.717) is 32.7 Å². The molecule has 0 saturated carbocycles. The average molecular weight is 653 g/mol. The number of carbonyl (C=O) groups is 2. The highest BCUT2D eigenvalue weighted by Crippen LogP contribution is 2.28. The molecule has 0 unspecified atom stereocenters. The fourth-order valence-corrected chi connectivity index (χ4v) is 6.10. The summed E-state index contributed by atoms with van der Waals surface area (Å²) >= 11 is 18.6. The van der Waals surface area contributed by atoms with Crippen molar-refractivity contribution in [2.45, 2.75) is 58.7 Å². The number of hydrogen-bond acceptors (Lipinski definition) is 4. The molecule has 1 N–H and O–H groups in total. The van der Waals surface area contributed by atoms with Gasteiger partial charge in [-0.15, -0.1) is 0 Å². The Morgan fingerprint density at radius 3 is 2.21 bits per heavy atom. The lowest BCUT2D eigenvalue weighted by Crippen LogP contribution is -2.51. The van der Waals surface area contributed by atoms with E-state index in [1.807, 2.05) is 44.2 Å². The Balaban J connectivity index is 1.92. The average Bonchev–Trinajstić information content (AvgIpc) is 2.91. The van der Waals surface area contributed by atoms with Crippen molar-refractivity contribution in [1.82, 2.24) is 10.2 Å². The molecule has 0 bridgehead atoms. The Morgan fingerprint density at radius 1 is 0.905 bits per heavy atom. The second-order valence-corrected chi connectivity index (χ2v) is 13.7. The molecule has 0 spiro atoms. The SMILES string of the molecule is Cc1ccc(Cl)cc1N(CCCC(=O)N(Cc1ccc(Cl)c(Cl)c1)[C@H](Cc1ccccc1)C(=O)NC(C)C)S(C)(=O)=O. The summed E-state index contributed by atoms with van der Waals surface area (Å²) in [7, 11) is -3.66. The molecule has 0 radical (unpaired) electrons. The Bertz CT molecular complexity index is 1500. The second-order valence-electron chi connectivity index (χ2n) is 10.5. The van der Waals surface area contributed by atoms with E-state index in [9.17, 15) is 18.0 Å². The van der Waals surface area contributed by atoms with E-state index >= 15 is 0 Å². The van der Waals surface area contributed by atoms with Gasteiger partial charge in [0.15, 0.2) is 0 Å². The van der Waals surface area contributed by atoms with Crippen LogP contribution in [0.5, 0.6) is 0 Å². The highest BCUT2D eigenvalue weighted by molar-refractivity contribution is 7.92. The number of benzene rings is 3. The number of sulfonamides is 1. The lowest BCUT2D eigenvalue weighted by molar-refractivity contribution is -0.141. The number of nitrogens with one attached hydrogen (secondary N) is 1. The number of carbonyl (C=O) groups excluding carboxylic acids is 2. The lowest BCUT2D eigenvalue weighted by Gasteiger charge is -2.32. The van der Waals surface area contributed by atoms with Crippen LogP contribution in [-0.4, -0.2) is 50.0 Å². The molecule has 7 nitrogen and oxygen atoms in total. The predicted octanol–water partition coefficient (Wildman–Crippen LogP) is 6.67. The van der Waals surface area contributed by atoms with Crippen LogP contribution in [0.4, 0.5) is 5.69 Å². The van der Waals surface area contributed by atoms with E-state index in [1.54, 1.807) is 48.2 Å². The minimum atomic E-state index is -3.66. The molecule has 11 heteroatoms. The molecule has 0 saturated heterocycles. The maximum absolute atomic E-state index is 13.9. The fourth-order valence-electron chi connectivity index (χ4n) is 4.60. The van der Waals surface area contributed by atoms with E-state index in [-0.39, 0.29) is 43.8 Å². The van der Waals surface area contributed by atoms with Gasteiger partial charge in [-0.05, 0) is 68.1 Å². The summed E-state index contributed by atoms with van der Waals surface area (Å²) in [5, 5.41) is 4.09. The zero-order valence-corrected chi connectivity index (χ0v) is 27.2. The van der Waals surface area contributed by atoms with Gasteiger partial charge in [-0.2, -0.15) is 0 Å². The van der Waals surface area contributed by atoms with Crippen LogP contribution in [0.2, 0.25) is 15.1 Å².